The van der Waals surface area contributed by atoms with Crippen LogP contribution in [0.1, 0.15) is 39.5 Å². The van der Waals surface area contributed by atoms with Gasteiger partial charge in [-0.05, 0) is 39.2 Å². The third kappa shape index (κ3) is 3.68. The van der Waals surface area contributed by atoms with Gasteiger partial charge in [0.05, 0.1) is 5.75 Å². The Bertz CT molecular complexity index is 393. The highest BCUT2D eigenvalue weighted by atomic mass is 32.2. The molecule has 6 heteroatoms. The maximum atomic E-state index is 11.4. The molecule has 1 saturated heterocycles. The lowest BCUT2D eigenvalue weighted by Gasteiger charge is -2.41. The van der Waals surface area contributed by atoms with Crippen molar-refractivity contribution in [2.45, 2.75) is 45.1 Å². The summed E-state index contributed by atoms with van der Waals surface area (Å²) < 4.78 is 22.8. The van der Waals surface area contributed by atoms with Crippen molar-refractivity contribution >= 4 is 15.8 Å². The molecular formula is C12H23NO4S. The average molecular weight is 277 g/mol. The highest BCUT2D eigenvalue weighted by molar-refractivity contribution is 7.91. The second-order valence-corrected chi connectivity index (χ2v) is 7.59. The van der Waals surface area contributed by atoms with E-state index in [2.05, 4.69) is 0 Å². The highest BCUT2D eigenvalue weighted by Gasteiger charge is 2.40. The summed E-state index contributed by atoms with van der Waals surface area (Å²) in [5, 5.41) is 9.31. The quantitative estimate of drug-likeness (QED) is 0.788. The Morgan fingerprint density at radius 3 is 2.61 bits per heavy atom. The minimum atomic E-state index is -2.95. The normalized spacial score (nSPS) is 26.1. The third-order valence-electron chi connectivity index (χ3n) is 3.82. The number of aliphatic carboxylic acids is 1. The third-order valence-corrected chi connectivity index (χ3v) is 5.61. The van der Waals surface area contributed by atoms with E-state index in [1.54, 1.807) is 13.8 Å². The molecule has 1 fully saturated rings. The van der Waals surface area contributed by atoms with Crippen molar-refractivity contribution in [3.63, 3.8) is 0 Å². The predicted octanol–water partition coefficient (Wildman–Crippen LogP) is 1.14. The summed E-state index contributed by atoms with van der Waals surface area (Å²) in [7, 11) is -2.95. The Kier molecular flexibility index (Phi) is 5.16. The summed E-state index contributed by atoms with van der Waals surface area (Å²) in [4.78, 5) is 13.3. The zero-order chi connectivity index (χ0) is 13.8. The van der Waals surface area contributed by atoms with Gasteiger partial charge in [-0.25, -0.2) is 8.42 Å². The molecule has 1 atom stereocenters. The van der Waals surface area contributed by atoms with Gasteiger partial charge in [0, 0.05) is 12.3 Å². The smallest absolute Gasteiger partial charge is 0.323 e. The van der Waals surface area contributed by atoms with Crippen LogP contribution in [-0.2, 0) is 14.6 Å². The number of carbonyl (C=O) groups is 1. The molecule has 0 radical (unpaired) electrons. The molecule has 1 heterocycles. The zero-order valence-corrected chi connectivity index (χ0v) is 12.0. The van der Waals surface area contributed by atoms with E-state index < -0.39 is 21.3 Å². The molecule has 1 aliphatic heterocycles. The molecule has 1 rings (SSSR count). The van der Waals surface area contributed by atoms with E-state index in [4.69, 9.17) is 0 Å². The Morgan fingerprint density at radius 2 is 2.06 bits per heavy atom. The van der Waals surface area contributed by atoms with Crippen molar-refractivity contribution in [1.82, 2.24) is 4.90 Å². The standard InChI is InChI=1S/C12H23NO4S/c1-3-18(16,17)10-6-9-13-8-5-4-7-12(13,2)11(14)15/h3-10H2,1-2H3,(H,14,15). The summed E-state index contributed by atoms with van der Waals surface area (Å²) in [6, 6.07) is 0. The fourth-order valence-electron chi connectivity index (χ4n) is 2.40. The van der Waals surface area contributed by atoms with Crippen LogP contribution >= 0.6 is 0 Å². The number of hydrogen-bond donors (Lipinski definition) is 1. The highest BCUT2D eigenvalue weighted by Crippen LogP contribution is 2.28. The molecule has 0 aromatic heterocycles. The maximum absolute atomic E-state index is 11.4. The molecule has 1 aliphatic rings. The van der Waals surface area contributed by atoms with Crippen LogP contribution in [0.3, 0.4) is 0 Å². The number of rotatable bonds is 6. The van der Waals surface area contributed by atoms with Crippen LogP contribution in [0.25, 0.3) is 0 Å². The van der Waals surface area contributed by atoms with Gasteiger partial charge in [0.15, 0.2) is 0 Å². The fourth-order valence-corrected chi connectivity index (χ4v) is 3.25. The first-order valence-corrected chi connectivity index (χ1v) is 8.33. The lowest BCUT2D eigenvalue weighted by Crippen LogP contribution is -2.55. The van der Waals surface area contributed by atoms with Crippen LogP contribution in [0.2, 0.25) is 0 Å². The average Bonchev–Trinajstić information content (AvgIpc) is 2.31. The largest absolute Gasteiger partial charge is 0.480 e. The second kappa shape index (κ2) is 6.02. The molecular weight excluding hydrogens is 254 g/mol. The molecule has 0 aromatic carbocycles. The van der Waals surface area contributed by atoms with E-state index in [1.165, 1.54) is 0 Å². The summed E-state index contributed by atoms with van der Waals surface area (Å²) >= 11 is 0. The minimum Gasteiger partial charge on any atom is -0.480 e. The zero-order valence-electron chi connectivity index (χ0n) is 11.2. The van der Waals surface area contributed by atoms with E-state index >= 15 is 0 Å². The molecule has 0 spiro atoms. The van der Waals surface area contributed by atoms with Crippen molar-refractivity contribution in [2.75, 3.05) is 24.6 Å². The van der Waals surface area contributed by atoms with Gasteiger partial charge in [-0.15, -0.1) is 0 Å². The van der Waals surface area contributed by atoms with Crippen molar-refractivity contribution in [3.05, 3.63) is 0 Å². The number of nitrogens with zero attached hydrogens (tertiary/aromatic N) is 1. The maximum Gasteiger partial charge on any atom is 0.323 e. The van der Waals surface area contributed by atoms with E-state index in [-0.39, 0.29) is 11.5 Å². The van der Waals surface area contributed by atoms with E-state index in [0.717, 1.165) is 19.4 Å². The van der Waals surface area contributed by atoms with Crippen molar-refractivity contribution in [2.24, 2.45) is 0 Å². The van der Waals surface area contributed by atoms with Crippen LogP contribution in [0.5, 0.6) is 0 Å². The molecule has 0 aromatic rings. The molecule has 1 N–H and O–H groups in total. The number of carboxylic acids is 1. The SMILES string of the molecule is CCS(=O)(=O)CCCN1CCCCC1(C)C(=O)O. The van der Waals surface area contributed by atoms with Gasteiger partial charge >= 0.3 is 5.97 Å². The van der Waals surface area contributed by atoms with E-state index in [0.29, 0.717) is 19.4 Å². The van der Waals surface area contributed by atoms with Crippen LogP contribution in [0.15, 0.2) is 0 Å². The Balaban J connectivity index is 2.56. The first kappa shape index (κ1) is 15.4. The predicted molar refractivity (Wildman–Crippen MR) is 70.4 cm³/mol. The molecule has 0 saturated carbocycles. The summed E-state index contributed by atoms with van der Waals surface area (Å²) in [5.41, 5.74) is -0.825. The van der Waals surface area contributed by atoms with Crippen molar-refractivity contribution in [3.8, 4) is 0 Å². The van der Waals surface area contributed by atoms with Crippen LogP contribution < -0.4 is 0 Å². The van der Waals surface area contributed by atoms with E-state index in [9.17, 15) is 18.3 Å². The van der Waals surface area contributed by atoms with Crippen molar-refractivity contribution < 1.29 is 18.3 Å². The monoisotopic (exact) mass is 277 g/mol. The molecule has 18 heavy (non-hydrogen) atoms. The summed E-state index contributed by atoms with van der Waals surface area (Å²) in [5.74, 6) is -0.501. The van der Waals surface area contributed by atoms with Gasteiger partial charge < -0.3 is 5.11 Å². The molecule has 0 aliphatic carbocycles. The first-order valence-electron chi connectivity index (χ1n) is 6.51. The number of hydrogen-bond acceptors (Lipinski definition) is 4. The number of sulfone groups is 1. The van der Waals surface area contributed by atoms with Gasteiger partial charge in [-0.3, -0.25) is 9.69 Å². The van der Waals surface area contributed by atoms with Crippen LogP contribution in [0.4, 0.5) is 0 Å². The minimum absolute atomic E-state index is 0.149. The molecule has 0 amide bonds. The van der Waals surface area contributed by atoms with Crippen LogP contribution in [0, 0.1) is 0 Å². The lowest BCUT2D eigenvalue weighted by molar-refractivity contribution is -0.152. The van der Waals surface area contributed by atoms with Crippen molar-refractivity contribution in [1.29, 1.82) is 0 Å². The molecule has 0 bridgehead atoms. The summed E-state index contributed by atoms with van der Waals surface area (Å²) in [6.07, 6.45) is 3.07. The first-order chi connectivity index (χ1) is 8.32. The lowest BCUT2D eigenvalue weighted by atomic mass is 9.88. The van der Waals surface area contributed by atoms with Crippen LogP contribution in [-0.4, -0.2) is 54.5 Å². The summed E-state index contributed by atoms with van der Waals surface area (Å²) in [6.45, 7) is 4.66. The molecule has 1 unspecified atom stereocenters. The topological polar surface area (TPSA) is 74.7 Å². The van der Waals surface area contributed by atoms with Gasteiger partial charge in [0.25, 0.3) is 0 Å². The van der Waals surface area contributed by atoms with Gasteiger partial charge in [-0.1, -0.05) is 6.92 Å². The van der Waals surface area contributed by atoms with E-state index in [1.807, 2.05) is 4.90 Å². The van der Waals surface area contributed by atoms with Gasteiger partial charge in [-0.2, -0.15) is 0 Å². The number of carboxylic acid groups (broad SMARTS) is 1. The number of likely N-dealkylation sites (tertiary alicyclic amines) is 1. The molecule has 106 valence electrons. The Labute approximate surface area is 109 Å². The van der Waals surface area contributed by atoms with Gasteiger partial charge in [0.2, 0.25) is 0 Å². The Morgan fingerprint density at radius 1 is 1.39 bits per heavy atom. The second-order valence-electron chi connectivity index (χ2n) is 5.11. The van der Waals surface area contributed by atoms with Gasteiger partial charge in [0.1, 0.15) is 15.4 Å². The molecule has 5 nitrogen and oxygen atoms in total. The Hall–Kier alpha value is -0.620. The fraction of sp³-hybridized carbons (Fsp3) is 0.917. The number of piperidine rings is 1.